The highest BCUT2D eigenvalue weighted by Gasteiger charge is 2.29. The minimum absolute atomic E-state index is 0.295. The third kappa shape index (κ3) is 1.46. The molecule has 0 unspecified atom stereocenters. The van der Waals surface area contributed by atoms with E-state index >= 15 is 0 Å². The SMILES string of the molecule is O=C(C1CNC1)N1CCCCC1. The molecule has 0 aromatic rings. The summed E-state index contributed by atoms with van der Waals surface area (Å²) in [6.45, 7) is 3.79. The molecule has 1 amide bonds. The zero-order chi connectivity index (χ0) is 8.39. The van der Waals surface area contributed by atoms with Crippen LogP contribution in [0.4, 0.5) is 0 Å². The number of hydrogen-bond donors (Lipinski definition) is 1. The summed E-state index contributed by atoms with van der Waals surface area (Å²) in [6.07, 6.45) is 3.70. The van der Waals surface area contributed by atoms with Crippen LogP contribution in [0.5, 0.6) is 0 Å². The lowest BCUT2D eigenvalue weighted by Crippen LogP contribution is -2.52. The Kier molecular flexibility index (Phi) is 2.30. The monoisotopic (exact) mass is 168 g/mol. The van der Waals surface area contributed by atoms with Gasteiger partial charge in [0, 0.05) is 26.2 Å². The van der Waals surface area contributed by atoms with Crippen LogP contribution in [0.15, 0.2) is 0 Å². The van der Waals surface area contributed by atoms with E-state index in [0.29, 0.717) is 11.8 Å². The summed E-state index contributed by atoms with van der Waals surface area (Å²) in [6, 6.07) is 0. The Balaban J connectivity index is 1.84. The Labute approximate surface area is 73.1 Å². The van der Waals surface area contributed by atoms with Crippen LogP contribution in [-0.2, 0) is 4.79 Å². The molecule has 0 saturated carbocycles. The van der Waals surface area contributed by atoms with Crippen LogP contribution in [0.3, 0.4) is 0 Å². The van der Waals surface area contributed by atoms with Crippen molar-refractivity contribution in [3.63, 3.8) is 0 Å². The summed E-state index contributed by atoms with van der Waals surface area (Å²) in [4.78, 5) is 13.7. The predicted molar refractivity (Wildman–Crippen MR) is 46.8 cm³/mol. The lowest BCUT2D eigenvalue weighted by atomic mass is 10.00. The largest absolute Gasteiger partial charge is 0.342 e. The fourth-order valence-electron chi connectivity index (χ4n) is 1.84. The zero-order valence-electron chi connectivity index (χ0n) is 7.38. The molecule has 0 spiro atoms. The third-order valence-corrected chi connectivity index (χ3v) is 2.80. The molecule has 2 fully saturated rings. The Bertz CT molecular complexity index is 171. The molecule has 2 saturated heterocycles. The molecule has 0 aliphatic carbocycles. The van der Waals surface area contributed by atoms with Crippen molar-refractivity contribution >= 4 is 5.91 Å². The van der Waals surface area contributed by atoms with E-state index in [1.807, 2.05) is 4.90 Å². The van der Waals surface area contributed by atoms with E-state index in [4.69, 9.17) is 0 Å². The second kappa shape index (κ2) is 3.44. The minimum atomic E-state index is 0.295. The molecular formula is C9H16N2O. The molecule has 2 aliphatic rings. The van der Waals surface area contributed by atoms with E-state index in [9.17, 15) is 4.79 Å². The number of amides is 1. The van der Waals surface area contributed by atoms with Gasteiger partial charge in [0.25, 0.3) is 0 Å². The Morgan fingerprint density at radius 2 is 1.83 bits per heavy atom. The van der Waals surface area contributed by atoms with E-state index < -0.39 is 0 Å². The van der Waals surface area contributed by atoms with E-state index in [2.05, 4.69) is 5.32 Å². The van der Waals surface area contributed by atoms with E-state index in [1.165, 1.54) is 19.3 Å². The first-order chi connectivity index (χ1) is 5.88. The lowest BCUT2D eigenvalue weighted by molar-refractivity contribution is -0.137. The highest BCUT2D eigenvalue weighted by atomic mass is 16.2. The summed E-state index contributed by atoms with van der Waals surface area (Å²) in [5, 5.41) is 3.13. The van der Waals surface area contributed by atoms with Crippen molar-refractivity contribution < 1.29 is 4.79 Å². The molecule has 0 aromatic heterocycles. The summed E-state index contributed by atoms with van der Waals surface area (Å²) in [5.74, 6) is 0.677. The maximum absolute atomic E-state index is 11.7. The fourth-order valence-corrected chi connectivity index (χ4v) is 1.84. The summed E-state index contributed by atoms with van der Waals surface area (Å²) in [5.41, 5.74) is 0. The molecule has 2 heterocycles. The van der Waals surface area contributed by atoms with Gasteiger partial charge in [-0.2, -0.15) is 0 Å². The predicted octanol–water partition coefficient (Wildman–Crippen LogP) is 0.218. The summed E-state index contributed by atoms with van der Waals surface area (Å²) in [7, 11) is 0. The summed E-state index contributed by atoms with van der Waals surface area (Å²) >= 11 is 0. The minimum Gasteiger partial charge on any atom is -0.342 e. The van der Waals surface area contributed by atoms with Gasteiger partial charge >= 0.3 is 0 Å². The first kappa shape index (κ1) is 8.05. The van der Waals surface area contributed by atoms with Crippen molar-refractivity contribution in [1.82, 2.24) is 10.2 Å². The molecule has 3 heteroatoms. The van der Waals surface area contributed by atoms with E-state index in [-0.39, 0.29) is 0 Å². The summed E-state index contributed by atoms with van der Waals surface area (Å²) < 4.78 is 0. The van der Waals surface area contributed by atoms with Crippen LogP contribution in [0.2, 0.25) is 0 Å². The quantitative estimate of drug-likeness (QED) is 0.607. The number of hydrogen-bond acceptors (Lipinski definition) is 2. The Morgan fingerprint density at radius 3 is 2.33 bits per heavy atom. The number of nitrogens with one attached hydrogen (secondary N) is 1. The van der Waals surface area contributed by atoms with Crippen molar-refractivity contribution in [3.05, 3.63) is 0 Å². The molecule has 0 atom stereocenters. The maximum atomic E-state index is 11.7. The van der Waals surface area contributed by atoms with Crippen molar-refractivity contribution in [3.8, 4) is 0 Å². The smallest absolute Gasteiger partial charge is 0.228 e. The van der Waals surface area contributed by atoms with E-state index in [1.54, 1.807) is 0 Å². The average Bonchev–Trinajstić information content (AvgIpc) is 2.03. The number of carbonyl (C=O) groups excluding carboxylic acids is 1. The number of rotatable bonds is 1. The van der Waals surface area contributed by atoms with Crippen LogP contribution >= 0.6 is 0 Å². The molecule has 0 bridgehead atoms. The maximum Gasteiger partial charge on any atom is 0.228 e. The van der Waals surface area contributed by atoms with Crippen molar-refractivity contribution in [1.29, 1.82) is 0 Å². The van der Waals surface area contributed by atoms with Crippen LogP contribution in [0.1, 0.15) is 19.3 Å². The topological polar surface area (TPSA) is 32.3 Å². The van der Waals surface area contributed by atoms with Crippen LogP contribution in [0.25, 0.3) is 0 Å². The lowest BCUT2D eigenvalue weighted by Gasteiger charge is -2.34. The highest BCUT2D eigenvalue weighted by Crippen LogP contribution is 2.14. The highest BCUT2D eigenvalue weighted by molar-refractivity contribution is 5.80. The molecule has 12 heavy (non-hydrogen) atoms. The van der Waals surface area contributed by atoms with Crippen LogP contribution in [-0.4, -0.2) is 37.0 Å². The molecular weight excluding hydrogens is 152 g/mol. The molecule has 3 nitrogen and oxygen atoms in total. The van der Waals surface area contributed by atoms with Crippen LogP contribution in [0, 0.1) is 5.92 Å². The number of piperidine rings is 1. The van der Waals surface area contributed by atoms with Gasteiger partial charge in [-0.3, -0.25) is 4.79 Å². The standard InChI is InChI=1S/C9H16N2O/c12-9(8-6-10-7-8)11-4-2-1-3-5-11/h8,10H,1-7H2. The average molecular weight is 168 g/mol. The fraction of sp³-hybridized carbons (Fsp3) is 0.889. The molecule has 0 radical (unpaired) electrons. The molecule has 0 aromatic carbocycles. The van der Waals surface area contributed by atoms with Crippen LogP contribution < -0.4 is 5.32 Å². The molecule has 2 rings (SSSR count). The van der Waals surface area contributed by atoms with Gasteiger partial charge in [-0.25, -0.2) is 0 Å². The molecule has 1 N–H and O–H groups in total. The van der Waals surface area contributed by atoms with Gasteiger partial charge in [0.05, 0.1) is 5.92 Å². The Hall–Kier alpha value is -0.570. The van der Waals surface area contributed by atoms with Gasteiger partial charge in [0.15, 0.2) is 0 Å². The number of nitrogens with zero attached hydrogens (tertiary/aromatic N) is 1. The van der Waals surface area contributed by atoms with Gasteiger partial charge < -0.3 is 10.2 Å². The van der Waals surface area contributed by atoms with Gasteiger partial charge in [-0.15, -0.1) is 0 Å². The third-order valence-electron chi connectivity index (χ3n) is 2.80. The number of likely N-dealkylation sites (tertiary alicyclic amines) is 1. The van der Waals surface area contributed by atoms with Gasteiger partial charge in [-0.1, -0.05) is 0 Å². The van der Waals surface area contributed by atoms with Crippen molar-refractivity contribution in [2.24, 2.45) is 5.92 Å². The Morgan fingerprint density at radius 1 is 1.17 bits per heavy atom. The van der Waals surface area contributed by atoms with Gasteiger partial charge in [-0.05, 0) is 19.3 Å². The number of carbonyl (C=O) groups is 1. The van der Waals surface area contributed by atoms with Crippen molar-refractivity contribution in [2.75, 3.05) is 26.2 Å². The normalized spacial score (nSPS) is 25.2. The first-order valence-corrected chi connectivity index (χ1v) is 4.87. The van der Waals surface area contributed by atoms with Gasteiger partial charge in [0.1, 0.15) is 0 Å². The second-order valence-corrected chi connectivity index (χ2v) is 3.74. The van der Waals surface area contributed by atoms with E-state index in [0.717, 1.165) is 26.2 Å². The molecule has 68 valence electrons. The second-order valence-electron chi connectivity index (χ2n) is 3.74. The molecule has 2 aliphatic heterocycles. The zero-order valence-corrected chi connectivity index (χ0v) is 7.38. The van der Waals surface area contributed by atoms with Gasteiger partial charge in [0.2, 0.25) is 5.91 Å². The van der Waals surface area contributed by atoms with Crippen molar-refractivity contribution in [2.45, 2.75) is 19.3 Å². The first-order valence-electron chi connectivity index (χ1n) is 4.87.